The van der Waals surface area contributed by atoms with E-state index in [1.54, 1.807) is 12.1 Å². The number of hydrogen-bond donors (Lipinski definition) is 5. The Bertz CT molecular complexity index is 1040. The van der Waals surface area contributed by atoms with Gasteiger partial charge in [0.2, 0.25) is 5.91 Å². The van der Waals surface area contributed by atoms with Gasteiger partial charge in [-0.3, -0.25) is 9.59 Å². The molecule has 0 radical (unpaired) electrons. The fourth-order valence-corrected chi connectivity index (χ4v) is 3.57. The molecule has 0 bridgehead atoms. The minimum Gasteiger partial charge on any atom is -0.534 e. The molecule has 12 nitrogen and oxygen atoms in total. The number of aromatic nitrogens is 1. The molecule has 31 heavy (non-hydrogen) atoms. The van der Waals surface area contributed by atoms with Crippen molar-refractivity contribution < 1.29 is 34.0 Å². The van der Waals surface area contributed by atoms with E-state index in [0.717, 1.165) is 11.3 Å². The zero-order chi connectivity index (χ0) is 22.5. The Balaban J connectivity index is 1.77. The van der Waals surface area contributed by atoms with Gasteiger partial charge in [0.25, 0.3) is 5.91 Å². The van der Waals surface area contributed by atoms with Crippen LogP contribution < -0.4 is 21.0 Å². The second-order valence-electron chi connectivity index (χ2n) is 6.30. The number of amides is 2. The molecule has 0 unspecified atom stereocenters. The number of carbonyl (C=O) groups excluding carboxylic acids is 2. The number of nitrogens with one attached hydrogen (secondary N) is 2. The second-order valence-corrected chi connectivity index (χ2v) is 7.16. The van der Waals surface area contributed by atoms with E-state index in [9.17, 15) is 24.5 Å². The fraction of sp³-hybridized carbons (Fsp3) is 0.235. The molecule has 1 aliphatic rings. The van der Waals surface area contributed by atoms with Crippen LogP contribution in [0.3, 0.4) is 0 Å². The first-order valence-electron chi connectivity index (χ1n) is 8.91. The van der Waals surface area contributed by atoms with Crippen LogP contribution in [-0.4, -0.2) is 65.3 Å². The first-order chi connectivity index (χ1) is 14.8. The molecule has 0 fully saturated rings. The quantitative estimate of drug-likeness (QED) is 0.206. The third-order valence-electron chi connectivity index (χ3n) is 4.24. The number of para-hydroxylation sites is 1. The SMILES string of the molecule is CO/N=C(\C(=O)N[C@H]1Cc2cccc(C(=O)O)c2OB1O)c1csc(NC(=O)CN)n1. The van der Waals surface area contributed by atoms with Crippen LogP contribution >= 0.6 is 11.3 Å². The molecule has 0 saturated heterocycles. The van der Waals surface area contributed by atoms with Gasteiger partial charge in [0, 0.05) is 5.38 Å². The number of oxime groups is 1. The van der Waals surface area contributed by atoms with Crippen LogP contribution in [0.15, 0.2) is 28.7 Å². The number of anilines is 1. The molecule has 1 aromatic heterocycles. The summed E-state index contributed by atoms with van der Waals surface area (Å²) in [5.74, 6) is -3.19. The van der Waals surface area contributed by atoms with Crippen molar-refractivity contribution >= 4 is 47.1 Å². The Kier molecular flexibility index (Phi) is 6.84. The van der Waals surface area contributed by atoms with Crippen molar-refractivity contribution in [3.8, 4) is 5.75 Å². The van der Waals surface area contributed by atoms with Crippen LogP contribution in [0.2, 0.25) is 0 Å². The van der Waals surface area contributed by atoms with Gasteiger partial charge in [0.1, 0.15) is 18.6 Å². The van der Waals surface area contributed by atoms with Gasteiger partial charge in [-0.25, -0.2) is 9.78 Å². The van der Waals surface area contributed by atoms with Gasteiger partial charge in [-0.05, 0) is 18.1 Å². The summed E-state index contributed by atoms with van der Waals surface area (Å²) in [6.45, 7) is -0.223. The lowest BCUT2D eigenvalue weighted by Gasteiger charge is -2.28. The Labute approximate surface area is 180 Å². The molecule has 0 aliphatic carbocycles. The average molecular weight is 447 g/mol. The topological polar surface area (TPSA) is 185 Å². The Morgan fingerprint density at radius 3 is 2.90 bits per heavy atom. The minimum atomic E-state index is -1.49. The number of rotatable bonds is 7. The lowest BCUT2D eigenvalue weighted by atomic mass is 9.72. The Morgan fingerprint density at radius 2 is 2.23 bits per heavy atom. The van der Waals surface area contributed by atoms with E-state index in [1.165, 1.54) is 18.6 Å². The summed E-state index contributed by atoms with van der Waals surface area (Å²) in [5.41, 5.74) is 5.62. The predicted octanol–water partition coefficient (Wildman–Crippen LogP) is -0.771. The molecule has 1 aromatic carbocycles. The van der Waals surface area contributed by atoms with Crippen molar-refractivity contribution in [3.63, 3.8) is 0 Å². The number of carboxylic acid groups (broad SMARTS) is 1. The highest BCUT2D eigenvalue weighted by atomic mass is 32.1. The zero-order valence-electron chi connectivity index (χ0n) is 16.2. The van der Waals surface area contributed by atoms with Gasteiger partial charge in [-0.1, -0.05) is 17.3 Å². The average Bonchev–Trinajstić information content (AvgIpc) is 3.19. The van der Waals surface area contributed by atoms with Gasteiger partial charge in [-0.2, -0.15) is 0 Å². The van der Waals surface area contributed by atoms with Crippen molar-refractivity contribution in [1.82, 2.24) is 10.3 Å². The van der Waals surface area contributed by atoms with Gasteiger partial charge >= 0.3 is 13.1 Å². The molecular formula is C17H18BN5O7S. The maximum atomic E-state index is 12.8. The molecule has 2 aromatic rings. The molecule has 1 atom stereocenters. The summed E-state index contributed by atoms with van der Waals surface area (Å²) in [5, 5.41) is 30.0. The van der Waals surface area contributed by atoms with Crippen LogP contribution in [0.4, 0.5) is 5.13 Å². The number of fused-ring (bicyclic) bond motifs is 1. The van der Waals surface area contributed by atoms with Gasteiger partial charge in [0.05, 0.1) is 18.0 Å². The lowest BCUT2D eigenvalue weighted by Crippen LogP contribution is -2.54. The van der Waals surface area contributed by atoms with Crippen molar-refractivity contribution in [2.75, 3.05) is 19.0 Å². The van der Waals surface area contributed by atoms with E-state index >= 15 is 0 Å². The third-order valence-corrected chi connectivity index (χ3v) is 5.00. The van der Waals surface area contributed by atoms with E-state index in [1.807, 2.05) is 0 Å². The number of nitrogens with two attached hydrogens (primary N) is 1. The second kappa shape index (κ2) is 9.55. The number of hydrogen-bond acceptors (Lipinski definition) is 10. The molecule has 14 heteroatoms. The number of aromatic carboxylic acids is 1. The number of carboxylic acids is 1. The predicted molar refractivity (Wildman–Crippen MR) is 111 cm³/mol. The number of nitrogens with zero attached hydrogens (tertiary/aromatic N) is 2. The summed E-state index contributed by atoms with van der Waals surface area (Å²) in [6.07, 6.45) is 0.124. The molecule has 1 aliphatic heterocycles. The van der Waals surface area contributed by atoms with Crippen LogP contribution in [0.25, 0.3) is 0 Å². The van der Waals surface area contributed by atoms with Crippen molar-refractivity contribution in [1.29, 1.82) is 0 Å². The highest BCUT2D eigenvalue weighted by Gasteiger charge is 2.38. The van der Waals surface area contributed by atoms with E-state index in [-0.39, 0.29) is 40.8 Å². The van der Waals surface area contributed by atoms with E-state index in [2.05, 4.69) is 20.8 Å². The van der Waals surface area contributed by atoms with Crippen LogP contribution in [0.1, 0.15) is 21.6 Å². The first-order valence-corrected chi connectivity index (χ1v) is 9.79. The maximum Gasteiger partial charge on any atom is 0.547 e. The summed E-state index contributed by atoms with van der Waals surface area (Å²) in [4.78, 5) is 44.4. The molecule has 0 saturated carbocycles. The summed E-state index contributed by atoms with van der Waals surface area (Å²) < 4.78 is 5.36. The van der Waals surface area contributed by atoms with Crippen molar-refractivity contribution in [2.45, 2.75) is 12.4 Å². The van der Waals surface area contributed by atoms with E-state index in [0.29, 0.717) is 5.56 Å². The smallest absolute Gasteiger partial charge is 0.534 e. The normalized spacial score (nSPS) is 15.5. The molecule has 2 amide bonds. The van der Waals surface area contributed by atoms with Gasteiger partial charge in [0.15, 0.2) is 10.8 Å². The minimum absolute atomic E-state index is 0.0542. The molecule has 0 spiro atoms. The molecule has 162 valence electrons. The first kappa shape index (κ1) is 22.2. The van der Waals surface area contributed by atoms with Gasteiger partial charge in [-0.15, -0.1) is 11.3 Å². The molecule has 2 heterocycles. The molecular weight excluding hydrogens is 429 g/mol. The summed E-state index contributed by atoms with van der Waals surface area (Å²) in [6, 6.07) is 4.55. The number of benzene rings is 1. The fourth-order valence-electron chi connectivity index (χ4n) is 2.86. The summed E-state index contributed by atoms with van der Waals surface area (Å²) in [7, 11) is -0.241. The summed E-state index contributed by atoms with van der Waals surface area (Å²) >= 11 is 1.06. The van der Waals surface area contributed by atoms with E-state index in [4.69, 9.17) is 15.2 Å². The van der Waals surface area contributed by atoms with Crippen molar-refractivity contribution in [2.24, 2.45) is 10.9 Å². The highest BCUT2D eigenvalue weighted by molar-refractivity contribution is 7.14. The third kappa shape index (κ3) is 4.99. The Hall–Kier alpha value is -3.49. The Morgan fingerprint density at radius 1 is 1.45 bits per heavy atom. The monoisotopic (exact) mass is 447 g/mol. The van der Waals surface area contributed by atoms with Crippen LogP contribution in [0, 0.1) is 0 Å². The molecule has 6 N–H and O–H groups in total. The van der Waals surface area contributed by atoms with Crippen LogP contribution in [0.5, 0.6) is 5.75 Å². The van der Waals surface area contributed by atoms with Gasteiger partial charge < -0.3 is 36.0 Å². The number of carbonyl (C=O) groups is 3. The lowest BCUT2D eigenvalue weighted by molar-refractivity contribution is -0.115. The molecule has 3 rings (SSSR count). The van der Waals surface area contributed by atoms with Crippen molar-refractivity contribution in [3.05, 3.63) is 40.4 Å². The van der Waals surface area contributed by atoms with E-state index < -0.39 is 30.8 Å². The van der Waals surface area contributed by atoms with Crippen LogP contribution in [-0.2, 0) is 20.8 Å². The zero-order valence-corrected chi connectivity index (χ0v) is 17.0. The standard InChI is InChI=1S/C17H18BN5O7S/c1-29-23-13(10-7-31-17(20-10)22-12(24)6-19)15(25)21-11-5-8-3-2-4-9(16(26)27)14(8)30-18(11)28/h2-4,7,11,28H,5-6,19H2,1H3,(H,21,25)(H,26,27)(H,20,22,24)/b23-13-/t11-/m0/s1. The number of thiazole rings is 1. The largest absolute Gasteiger partial charge is 0.547 e. The maximum absolute atomic E-state index is 12.8. The highest BCUT2D eigenvalue weighted by Crippen LogP contribution is 2.30.